The lowest BCUT2D eigenvalue weighted by molar-refractivity contribution is 0.0969. The summed E-state index contributed by atoms with van der Waals surface area (Å²) in [6.45, 7) is 3.35. The lowest BCUT2D eigenvalue weighted by Gasteiger charge is -1.90. The van der Waals surface area contributed by atoms with Gasteiger partial charge in [0.25, 0.3) is 5.91 Å². The zero-order chi connectivity index (χ0) is 6.69. The Morgan fingerprint density at radius 2 is 2.00 bits per heavy atom. The van der Waals surface area contributed by atoms with Gasteiger partial charge in [-0.2, -0.15) is 0 Å². The number of rotatable bonds is 1. The highest BCUT2D eigenvalue weighted by Gasteiger charge is 1.92. The van der Waals surface area contributed by atoms with Crippen LogP contribution in [0.2, 0.25) is 0 Å². The van der Waals surface area contributed by atoms with E-state index < -0.39 is 0 Å². The van der Waals surface area contributed by atoms with E-state index in [0.29, 0.717) is 0 Å². The molecule has 0 aliphatic rings. The molecule has 0 fully saturated rings. The minimum Gasteiger partial charge on any atom is -0.291 e. The quantitative estimate of drug-likeness (QED) is 0.513. The number of carbonyl (C=O) groups excluding carboxylic acids is 1. The molecule has 0 aromatic carbocycles. The molecular weight excluding hydrogens is 114 g/mol. The van der Waals surface area contributed by atoms with Crippen molar-refractivity contribution in [3.8, 4) is 0 Å². The van der Waals surface area contributed by atoms with Crippen LogP contribution in [0.15, 0.2) is 37.2 Å². The molecule has 0 saturated carbocycles. The fourth-order valence-electron chi connectivity index (χ4n) is 0.587. The summed E-state index contributed by atoms with van der Waals surface area (Å²) >= 11 is 0. The number of nitrogens with zero attached hydrogens (tertiary/aromatic N) is 1. The van der Waals surface area contributed by atoms with E-state index in [0.717, 1.165) is 0 Å². The Labute approximate surface area is 53.4 Å². The van der Waals surface area contributed by atoms with Crippen LogP contribution in [0.4, 0.5) is 0 Å². The van der Waals surface area contributed by atoms with Gasteiger partial charge in [-0.3, -0.25) is 9.36 Å². The Hall–Kier alpha value is -1.31. The largest absolute Gasteiger partial charge is 0.291 e. The first-order valence-corrected chi connectivity index (χ1v) is 2.64. The Morgan fingerprint density at radius 1 is 1.44 bits per heavy atom. The average Bonchev–Trinajstić information content (AvgIpc) is 2.37. The molecule has 0 spiro atoms. The molecule has 0 bridgehead atoms. The van der Waals surface area contributed by atoms with Gasteiger partial charge in [0.1, 0.15) is 0 Å². The maximum Gasteiger partial charge on any atom is 0.253 e. The van der Waals surface area contributed by atoms with Gasteiger partial charge in [0.05, 0.1) is 0 Å². The summed E-state index contributed by atoms with van der Waals surface area (Å²) in [5, 5.41) is 0. The normalized spacial score (nSPS) is 8.89. The molecule has 0 aliphatic carbocycles. The second kappa shape index (κ2) is 2.31. The first kappa shape index (κ1) is 5.82. The molecule has 1 rings (SSSR count). The van der Waals surface area contributed by atoms with E-state index in [2.05, 4.69) is 6.58 Å². The minimum atomic E-state index is -0.0972. The molecule has 1 aromatic rings. The van der Waals surface area contributed by atoms with Gasteiger partial charge in [0, 0.05) is 12.4 Å². The summed E-state index contributed by atoms with van der Waals surface area (Å²) in [5.41, 5.74) is 0. The molecule has 0 aliphatic heterocycles. The monoisotopic (exact) mass is 121 g/mol. The summed E-state index contributed by atoms with van der Waals surface area (Å²) in [7, 11) is 0. The van der Waals surface area contributed by atoms with Crippen LogP contribution in [0, 0.1) is 0 Å². The molecule has 0 radical (unpaired) electrons. The SMILES string of the molecule is C=CC(=O)n1cccc1. The Kier molecular flexibility index (Phi) is 1.49. The zero-order valence-corrected chi connectivity index (χ0v) is 4.95. The Bertz CT molecular complexity index is 211. The third-order valence-corrected chi connectivity index (χ3v) is 1.03. The van der Waals surface area contributed by atoms with Crippen LogP contribution >= 0.6 is 0 Å². The Morgan fingerprint density at radius 3 is 2.44 bits per heavy atom. The fraction of sp³-hybridized carbons (Fsp3) is 0. The highest BCUT2D eigenvalue weighted by atomic mass is 16.1. The van der Waals surface area contributed by atoms with E-state index >= 15 is 0 Å². The van der Waals surface area contributed by atoms with Crippen LogP contribution in [-0.2, 0) is 0 Å². The molecule has 1 aromatic heterocycles. The number of hydrogen-bond acceptors (Lipinski definition) is 1. The molecule has 2 nitrogen and oxygen atoms in total. The predicted octanol–water partition coefficient (Wildman–Crippen LogP) is 1.31. The van der Waals surface area contributed by atoms with Gasteiger partial charge in [-0.1, -0.05) is 6.58 Å². The zero-order valence-electron chi connectivity index (χ0n) is 4.95. The predicted molar refractivity (Wildman–Crippen MR) is 35.3 cm³/mol. The number of hydrogen-bond donors (Lipinski definition) is 0. The van der Waals surface area contributed by atoms with Gasteiger partial charge >= 0.3 is 0 Å². The first-order valence-electron chi connectivity index (χ1n) is 2.64. The van der Waals surface area contributed by atoms with E-state index in [9.17, 15) is 4.79 Å². The van der Waals surface area contributed by atoms with Crippen molar-refractivity contribution in [3.63, 3.8) is 0 Å². The highest BCUT2D eigenvalue weighted by Crippen LogP contribution is 1.88. The van der Waals surface area contributed by atoms with E-state index in [1.54, 1.807) is 24.5 Å². The molecule has 0 amide bonds. The summed E-state index contributed by atoms with van der Waals surface area (Å²) in [6.07, 6.45) is 4.65. The molecule has 1 heterocycles. The van der Waals surface area contributed by atoms with Crippen LogP contribution in [0.3, 0.4) is 0 Å². The van der Waals surface area contributed by atoms with Crippen molar-refractivity contribution in [1.29, 1.82) is 0 Å². The molecule has 2 heteroatoms. The third-order valence-electron chi connectivity index (χ3n) is 1.03. The van der Waals surface area contributed by atoms with Crippen molar-refractivity contribution in [2.75, 3.05) is 0 Å². The average molecular weight is 121 g/mol. The van der Waals surface area contributed by atoms with Gasteiger partial charge in [-0.05, 0) is 18.2 Å². The van der Waals surface area contributed by atoms with E-state index in [4.69, 9.17) is 0 Å². The standard InChI is InChI=1S/C7H7NO/c1-2-7(9)8-5-3-4-6-8/h2-6H,1H2. The van der Waals surface area contributed by atoms with Crippen molar-refractivity contribution in [3.05, 3.63) is 37.2 Å². The van der Waals surface area contributed by atoms with Gasteiger partial charge < -0.3 is 0 Å². The summed E-state index contributed by atoms with van der Waals surface area (Å²) < 4.78 is 1.47. The third kappa shape index (κ3) is 1.08. The van der Waals surface area contributed by atoms with Crippen molar-refractivity contribution in [1.82, 2.24) is 4.57 Å². The fourth-order valence-corrected chi connectivity index (χ4v) is 0.587. The summed E-state index contributed by atoms with van der Waals surface area (Å²) in [6, 6.07) is 3.59. The summed E-state index contributed by atoms with van der Waals surface area (Å²) in [4.78, 5) is 10.7. The number of carbonyl (C=O) groups is 1. The van der Waals surface area contributed by atoms with Gasteiger partial charge in [0.15, 0.2) is 0 Å². The number of allylic oxidation sites excluding steroid dienone is 1. The number of aromatic nitrogens is 1. The second-order valence-corrected chi connectivity index (χ2v) is 1.63. The lowest BCUT2D eigenvalue weighted by atomic mass is 10.6. The summed E-state index contributed by atoms with van der Waals surface area (Å²) in [5.74, 6) is -0.0972. The molecule has 0 N–H and O–H groups in total. The van der Waals surface area contributed by atoms with Crippen LogP contribution in [0.5, 0.6) is 0 Å². The maximum absolute atomic E-state index is 10.7. The van der Waals surface area contributed by atoms with Gasteiger partial charge in [0.2, 0.25) is 0 Å². The molecule has 0 atom stereocenters. The van der Waals surface area contributed by atoms with Crippen molar-refractivity contribution >= 4 is 5.91 Å². The van der Waals surface area contributed by atoms with E-state index in [1.807, 2.05) is 0 Å². The molecule has 0 unspecified atom stereocenters. The van der Waals surface area contributed by atoms with E-state index in [1.165, 1.54) is 10.6 Å². The smallest absolute Gasteiger partial charge is 0.253 e. The van der Waals surface area contributed by atoms with Crippen LogP contribution in [0.1, 0.15) is 4.79 Å². The minimum absolute atomic E-state index is 0.0972. The van der Waals surface area contributed by atoms with Gasteiger partial charge in [-0.15, -0.1) is 0 Å². The van der Waals surface area contributed by atoms with Crippen molar-refractivity contribution < 1.29 is 4.79 Å². The van der Waals surface area contributed by atoms with Gasteiger partial charge in [-0.25, -0.2) is 0 Å². The van der Waals surface area contributed by atoms with E-state index in [-0.39, 0.29) is 5.91 Å². The van der Waals surface area contributed by atoms with Crippen LogP contribution in [-0.4, -0.2) is 10.5 Å². The Balaban J connectivity index is 2.89. The lowest BCUT2D eigenvalue weighted by Crippen LogP contribution is -2.02. The molecule has 9 heavy (non-hydrogen) atoms. The topological polar surface area (TPSA) is 22.0 Å². The maximum atomic E-state index is 10.7. The van der Waals surface area contributed by atoms with Crippen molar-refractivity contribution in [2.45, 2.75) is 0 Å². The van der Waals surface area contributed by atoms with Crippen molar-refractivity contribution in [2.24, 2.45) is 0 Å². The first-order chi connectivity index (χ1) is 4.34. The second-order valence-electron chi connectivity index (χ2n) is 1.63. The molecule has 46 valence electrons. The molecule has 0 saturated heterocycles. The van der Waals surface area contributed by atoms with Crippen LogP contribution < -0.4 is 0 Å². The molecular formula is C7H7NO. The highest BCUT2D eigenvalue weighted by molar-refractivity contribution is 5.89. The van der Waals surface area contributed by atoms with Crippen LogP contribution in [0.25, 0.3) is 0 Å².